The Bertz CT molecular complexity index is 1070. The molecule has 0 rings (SSSR count). The first-order valence-corrected chi connectivity index (χ1v) is 26.9. The van der Waals surface area contributed by atoms with E-state index < -0.39 is 20.0 Å². The lowest BCUT2D eigenvalue weighted by atomic mass is 10.0. The summed E-state index contributed by atoms with van der Waals surface area (Å²) in [6.07, 6.45) is 53.8. The molecule has 0 spiro atoms. The Hall–Kier alpha value is -1.28. The summed E-state index contributed by atoms with van der Waals surface area (Å²) in [5.74, 6) is -0.196. The second-order valence-corrected chi connectivity index (χ2v) is 20.0. The Balaban J connectivity index is 4.29. The molecule has 0 saturated carbocycles. The summed E-state index contributed by atoms with van der Waals surface area (Å²) in [5.41, 5.74) is 0. The Morgan fingerprint density at radius 2 is 0.917 bits per heavy atom. The number of quaternary nitrogens is 1. The summed E-state index contributed by atoms with van der Waals surface area (Å²) < 4.78 is 23.6. The first-order valence-electron chi connectivity index (χ1n) is 25.4. The number of likely N-dealkylation sites (N-methyl/N-ethyl adjacent to an activating group) is 1. The maximum atomic E-state index is 12.9. The summed E-state index contributed by atoms with van der Waals surface area (Å²) in [7, 11) is 1.55. The zero-order valence-electron chi connectivity index (χ0n) is 40.2. The van der Waals surface area contributed by atoms with Crippen molar-refractivity contribution in [2.24, 2.45) is 0 Å². The van der Waals surface area contributed by atoms with Crippen molar-refractivity contribution >= 4 is 13.7 Å². The molecule has 60 heavy (non-hydrogen) atoms. The molecule has 1 amide bonds. The molecule has 0 bridgehead atoms. The van der Waals surface area contributed by atoms with Crippen molar-refractivity contribution in [2.75, 3.05) is 40.9 Å². The van der Waals surface area contributed by atoms with Crippen molar-refractivity contribution < 1.29 is 32.9 Å². The van der Waals surface area contributed by atoms with Gasteiger partial charge in [0.25, 0.3) is 0 Å². The maximum absolute atomic E-state index is 12.9. The predicted molar refractivity (Wildman–Crippen MR) is 258 cm³/mol. The van der Waals surface area contributed by atoms with E-state index >= 15 is 0 Å². The molecule has 0 aromatic heterocycles. The van der Waals surface area contributed by atoms with Crippen LogP contribution in [0, 0.1) is 0 Å². The number of hydrogen-bond acceptors (Lipinski definition) is 5. The average molecular weight is 868 g/mol. The van der Waals surface area contributed by atoms with Gasteiger partial charge >= 0.3 is 7.82 Å². The number of rotatable bonds is 46. The van der Waals surface area contributed by atoms with Gasteiger partial charge in [-0.25, -0.2) is 4.57 Å². The van der Waals surface area contributed by atoms with Gasteiger partial charge in [-0.05, 0) is 57.8 Å². The van der Waals surface area contributed by atoms with Gasteiger partial charge in [-0.1, -0.05) is 204 Å². The van der Waals surface area contributed by atoms with Crippen LogP contribution in [0.25, 0.3) is 0 Å². The van der Waals surface area contributed by atoms with Crippen LogP contribution in [-0.2, 0) is 18.4 Å². The first kappa shape index (κ1) is 58.7. The Kier molecular flexibility index (Phi) is 42.1. The molecular weight excluding hydrogens is 768 g/mol. The summed E-state index contributed by atoms with van der Waals surface area (Å²) in [6, 6.07) is -0.866. The number of carbonyl (C=O) groups is 1. The van der Waals surface area contributed by atoms with Crippen molar-refractivity contribution in [3.05, 3.63) is 36.5 Å². The molecule has 0 heterocycles. The number of nitrogens with zero attached hydrogens (tertiary/aromatic N) is 1. The van der Waals surface area contributed by atoms with Gasteiger partial charge in [-0.15, -0.1) is 0 Å². The molecule has 0 saturated heterocycles. The minimum atomic E-state index is -4.35. The minimum absolute atomic E-state index is 0.0547. The van der Waals surface area contributed by atoms with Gasteiger partial charge < -0.3 is 19.8 Å². The van der Waals surface area contributed by atoms with Gasteiger partial charge in [0.05, 0.1) is 39.9 Å². The van der Waals surface area contributed by atoms with E-state index in [-0.39, 0.29) is 19.1 Å². The van der Waals surface area contributed by atoms with Crippen molar-refractivity contribution in [3.8, 4) is 0 Å². The summed E-state index contributed by atoms with van der Waals surface area (Å²) in [5, 5.41) is 13.8. The highest BCUT2D eigenvalue weighted by Gasteiger charge is 2.27. The summed E-state index contributed by atoms with van der Waals surface area (Å²) >= 11 is 0. The van der Waals surface area contributed by atoms with Gasteiger partial charge in [-0.3, -0.25) is 13.8 Å². The lowest BCUT2D eigenvalue weighted by Gasteiger charge is -2.25. The Labute approximate surface area is 372 Å². The fourth-order valence-corrected chi connectivity index (χ4v) is 8.02. The minimum Gasteiger partial charge on any atom is -0.387 e. The van der Waals surface area contributed by atoms with Crippen molar-refractivity contribution in [3.63, 3.8) is 0 Å². The maximum Gasteiger partial charge on any atom is 0.472 e. The van der Waals surface area contributed by atoms with Crippen molar-refractivity contribution in [1.82, 2.24) is 5.32 Å². The van der Waals surface area contributed by atoms with Gasteiger partial charge in [0.2, 0.25) is 5.91 Å². The van der Waals surface area contributed by atoms with Gasteiger partial charge in [0, 0.05) is 6.42 Å². The van der Waals surface area contributed by atoms with E-state index in [2.05, 4.69) is 43.5 Å². The SMILES string of the molecule is CCCCCC/C=C\CCCCCCCC(=O)NC(COP(=O)(O)OCC[N+](C)(C)C)C(O)/C=C/CC/C=C/CCCCCCCCCCCCCCCCCCCCC. The highest BCUT2D eigenvalue weighted by molar-refractivity contribution is 7.47. The van der Waals surface area contributed by atoms with Crippen LogP contribution in [0.2, 0.25) is 0 Å². The smallest absolute Gasteiger partial charge is 0.387 e. The van der Waals surface area contributed by atoms with E-state index in [0.29, 0.717) is 17.4 Å². The molecule has 0 aliphatic carbocycles. The highest BCUT2D eigenvalue weighted by atomic mass is 31.2. The molecule has 0 aromatic rings. The third kappa shape index (κ3) is 44.8. The number of amides is 1. The van der Waals surface area contributed by atoms with E-state index in [1.54, 1.807) is 6.08 Å². The number of aliphatic hydroxyl groups excluding tert-OH is 1. The normalized spacial score (nSPS) is 14.4. The molecule has 0 aromatic carbocycles. The second kappa shape index (κ2) is 43.0. The molecule has 3 atom stereocenters. The fraction of sp³-hybridized carbons (Fsp3) is 0.863. The largest absolute Gasteiger partial charge is 0.472 e. The monoisotopic (exact) mass is 868 g/mol. The van der Waals surface area contributed by atoms with E-state index in [1.807, 2.05) is 27.2 Å². The van der Waals surface area contributed by atoms with E-state index in [9.17, 15) is 19.4 Å². The van der Waals surface area contributed by atoms with Crippen LogP contribution in [0.3, 0.4) is 0 Å². The molecule has 3 unspecified atom stereocenters. The topological polar surface area (TPSA) is 105 Å². The van der Waals surface area contributed by atoms with E-state index in [4.69, 9.17) is 9.05 Å². The van der Waals surface area contributed by atoms with Crippen LogP contribution < -0.4 is 5.32 Å². The quantitative estimate of drug-likeness (QED) is 0.0244. The standard InChI is InChI=1S/C51H99N2O6P/c1-6-8-10-12-14-16-18-20-21-22-23-24-25-26-27-28-29-30-31-33-34-36-38-40-42-44-50(54)49(48-59-60(56,57)58-47-46-53(3,4)5)52-51(55)45-43-41-39-37-35-32-19-17-15-13-11-9-7-2/h17,19,34,36,42,44,49-50,54H,6-16,18,20-33,35,37-41,43,45-48H2,1-5H3,(H-,52,55,56,57)/p+1/b19-17-,36-34+,44-42+. The van der Waals surface area contributed by atoms with Crippen LogP contribution in [0.1, 0.15) is 232 Å². The third-order valence-corrected chi connectivity index (χ3v) is 12.3. The molecule has 354 valence electrons. The second-order valence-electron chi connectivity index (χ2n) is 18.5. The van der Waals surface area contributed by atoms with Crippen LogP contribution in [0.4, 0.5) is 0 Å². The summed E-state index contributed by atoms with van der Waals surface area (Å²) in [6.45, 7) is 4.78. The average Bonchev–Trinajstić information content (AvgIpc) is 3.20. The highest BCUT2D eigenvalue weighted by Crippen LogP contribution is 2.43. The third-order valence-electron chi connectivity index (χ3n) is 11.3. The van der Waals surface area contributed by atoms with Gasteiger partial charge in [-0.2, -0.15) is 0 Å². The van der Waals surface area contributed by atoms with Crippen LogP contribution in [0.15, 0.2) is 36.5 Å². The Morgan fingerprint density at radius 1 is 0.550 bits per heavy atom. The van der Waals surface area contributed by atoms with Crippen molar-refractivity contribution in [1.29, 1.82) is 0 Å². The number of unbranched alkanes of at least 4 members (excludes halogenated alkanes) is 29. The number of carbonyl (C=O) groups excluding carboxylic acids is 1. The number of aliphatic hydroxyl groups is 1. The first-order chi connectivity index (χ1) is 29.0. The lowest BCUT2D eigenvalue weighted by Crippen LogP contribution is -2.45. The zero-order chi connectivity index (χ0) is 44.3. The molecule has 9 heteroatoms. The summed E-state index contributed by atoms with van der Waals surface area (Å²) in [4.78, 5) is 23.1. The number of allylic oxidation sites excluding steroid dienone is 5. The molecule has 8 nitrogen and oxygen atoms in total. The van der Waals surface area contributed by atoms with Crippen LogP contribution in [-0.4, -0.2) is 73.4 Å². The fourth-order valence-electron chi connectivity index (χ4n) is 7.29. The molecule has 0 aliphatic rings. The van der Waals surface area contributed by atoms with E-state index in [1.165, 1.54) is 161 Å². The predicted octanol–water partition coefficient (Wildman–Crippen LogP) is 14.6. The molecule has 0 radical (unpaired) electrons. The number of phosphoric ester groups is 1. The molecule has 0 aliphatic heterocycles. The molecule has 0 fully saturated rings. The van der Waals surface area contributed by atoms with E-state index in [0.717, 1.165) is 51.4 Å². The van der Waals surface area contributed by atoms with Gasteiger partial charge in [0.1, 0.15) is 13.2 Å². The number of nitrogens with one attached hydrogen (secondary N) is 1. The van der Waals surface area contributed by atoms with Crippen LogP contribution >= 0.6 is 7.82 Å². The molecular formula is C51H100N2O6P+. The lowest BCUT2D eigenvalue weighted by molar-refractivity contribution is -0.870. The zero-order valence-corrected chi connectivity index (χ0v) is 41.1. The molecule has 3 N–H and O–H groups in total. The number of phosphoric acid groups is 1. The number of hydrogen-bond donors (Lipinski definition) is 3. The van der Waals surface area contributed by atoms with Gasteiger partial charge in [0.15, 0.2) is 0 Å². The Morgan fingerprint density at radius 3 is 1.35 bits per heavy atom. The van der Waals surface area contributed by atoms with Crippen molar-refractivity contribution in [2.45, 2.75) is 244 Å². The van der Waals surface area contributed by atoms with Crippen LogP contribution in [0.5, 0.6) is 0 Å².